The van der Waals surface area contributed by atoms with Crippen molar-refractivity contribution in [1.29, 1.82) is 0 Å². The molecule has 3 nitrogen and oxygen atoms in total. The highest BCUT2D eigenvalue weighted by Crippen LogP contribution is 2.34. The molecule has 3 unspecified atom stereocenters. The lowest BCUT2D eigenvalue weighted by atomic mass is 10.1. The van der Waals surface area contributed by atoms with Crippen LogP contribution >= 0.6 is 11.3 Å². The van der Waals surface area contributed by atoms with E-state index in [2.05, 4.69) is 42.9 Å². The molecule has 0 bridgehead atoms. The van der Waals surface area contributed by atoms with Crippen LogP contribution in [-0.2, 0) is 0 Å². The van der Waals surface area contributed by atoms with Crippen LogP contribution in [0.4, 0.5) is 0 Å². The molecule has 1 saturated heterocycles. The summed E-state index contributed by atoms with van der Waals surface area (Å²) in [4.78, 5) is 8.66. The van der Waals surface area contributed by atoms with Crippen molar-refractivity contribution < 1.29 is 0 Å². The molecule has 1 N–H and O–H groups in total. The number of rotatable bonds is 4. The van der Waals surface area contributed by atoms with Gasteiger partial charge in [0, 0.05) is 35.6 Å². The molecule has 2 fully saturated rings. The van der Waals surface area contributed by atoms with Crippen LogP contribution in [0.5, 0.6) is 0 Å². The Bertz CT molecular complexity index is 452. The maximum atomic E-state index is 4.54. The zero-order valence-corrected chi connectivity index (χ0v) is 13.3. The fourth-order valence-electron chi connectivity index (χ4n) is 3.47. The second-order valence-corrected chi connectivity index (χ2v) is 7.52. The summed E-state index contributed by atoms with van der Waals surface area (Å²) >= 11 is 1.84. The molecule has 1 aromatic rings. The Hall–Kier alpha value is -0.450. The molecular formula is C15H25N3S. The second-order valence-electron chi connectivity index (χ2n) is 6.28. The first kappa shape index (κ1) is 13.5. The topological polar surface area (TPSA) is 28.2 Å². The van der Waals surface area contributed by atoms with Crippen molar-refractivity contribution in [2.75, 3.05) is 6.54 Å². The summed E-state index contributed by atoms with van der Waals surface area (Å²) in [7, 11) is 0. The fraction of sp³-hybridized carbons (Fsp3) is 0.800. The summed E-state index contributed by atoms with van der Waals surface area (Å²) < 4.78 is 0. The third kappa shape index (κ3) is 2.86. The summed E-state index contributed by atoms with van der Waals surface area (Å²) in [6.07, 6.45) is 4.12. The monoisotopic (exact) mass is 279 g/mol. The van der Waals surface area contributed by atoms with Crippen molar-refractivity contribution >= 4 is 11.3 Å². The molecule has 3 rings (SSSR count). The van der Waals surface area contributed by atoms with Gasteiger partial charge in [-0.2, -0.15) is 0 Å². The Labute approximate surface area is 120 Å². The molecule has 1 aliphatic carbocycles. The molecule has 106 valence electrons. The average molecular weight is 279 g/mol. The van der Waals surface area contributed by atoms with Gasteiger partial charge in [0.2, 0.25) is 0 Å². The molecule has 0 spiro atoms. The maximum absolute atomic E-state index is 4.54. The van der Waals surface area contributed by atoms with Crippen LogP contribution in [0.15, 0.2) is 0 Å². The van der Waals surface area contributed by atoms with Crippen LogP contribution in [0.3, 0.4) is 0 Å². The van der Waals surface area contributed by atoms with Crippen molar-refractivity contribution in [1.82, 2.24) is 15.2 Å². The molecular weight excluding hydrogens is 254 g/mol. The van der Waals surface area contributed by atoms with Crippen LogP contribution in [0.1, 0.15) is 54.7 Å². The van der Waals surface area contributed by atoms with Crippen LogP contribution in [0, 0.1) is 13.8 Å². The summed E-state index contributed by atoms with van der Waals surface area (Å²) in [5.41, 5.74) is 1.20. The van der Waals surface area contributed by atoms with Crippen LogP contribution < -0.4 is 5.32 Å². The maximum Gasteiger partial charge on any atom is 0.0900 e. The third-order valence-electron chi connectivity index (χ3n) is 4.46. The minimum Gasteiger partial charge on any atom is -0.305 e. The Balaban J connectivity index is 1.61. The minimum absolute atomic E-state index is 0.433. The van der Waals surface area contributed by atoms with Crippen molar-refractivity contribution in [2.45, 2.75) is 71.1 Å². The van der Waals surface area contributed by atoms with Crippen LogP contribution in [-0.4, -0.2) is 34.6 Å². The van der Waals surface area contributed by atoms with Gasteiger partial charge in [-0.15, -0.1) is 11.3 Å². The third-order valence-corrected chi connectivity index (χ3v) is 5.71. The molecule has 0 aromatic carbocycles. The van der Waals surface area contributed by atoms with E-state index in [9.17, 15) is 0 Å². The summed E-state index contributed by atoms with van der Waals surface area (Å²) in [5.74, 6) is 0. The van der Waals surface area contributed by atoms with Crippen molar-refractivity contribution in [2.24, 2.45) is 0 Å². The molecule has 1 aliphatic heterocycles. The lowest BCUT2D eigenvalue weighted by Crippen LogP contribution is -2.35. The zero-order valence-electron chi connectivity index (χ0n) is 12.4. The highest BCUT2D eigenvalue weighted by atomic mass is 32.1. The fourth-order valence-corrected chi connectivity index (χ4v) is 4.41. The number of thiazole rings is 1. The van der Waals surface area contributed by atoms with Gasteiger partial charge in [0.1, 0.15) is 0 Å². The van der Waals surface area contributed by atoms with E-state index in [1.165, 1.54) is 41.4 Å². The van der Waals surface area contributed by atoms with E-state index in [4.69, 9.17) is 0 Å². The SMILES string of the molecule is Cc1nc(C)c(C(C)NC2CC(C)N(C3CC3)C2)s1. The molecule has 3 atom stereocenters. The van der Waals surface area contributed by atoms with Gasteiger partial charge in [0.25, 0.3) is 0 Å². The van der Waals surface area contributed by atoms with Crippen molar-refractivity contribution in [3.63, 3.8) is 0 Å². The van der Waals surface area contributed by atoms with Gasteiger partial charge in [0.05, 0.1) is 10.7 Å². The van der Waals surface area contributed by atoms with E-state index in [0.29, 0.717) is 12.1 Å². The predicted molar refractivity (Wildman–Crippen MR) is 80.7 cm³/mol. The molecule has 19 heavy (non-hydrogen) atoms. The van der Waals surface area contributed by atoms with Gasteiger partial charge in [-0.3, -0.25) is 4.90 Å². The standard InChI is InChI=1S/C15H25N3S/c1-9-7-13(8-18(9)14-5-6-14)17-11(3)15-10(2)16-12(4)19-15/h9,11,13-14,17H,5-8H2,1-4H3. The van der Waals surface area contributed by atoms with E-state index in [0.717, 1.165) is 12.1 Å². The lowest BCUT2D eigenvalue weighted by molar-refractivity contribution is 0.254. The van der Waals surface area contributed by atoms with Crippen LogP contribution in [0.2, 0.25) is 0 Å². The zero-order chi connectivity index (χ0) is 13.6. The van der Waals surface area contributed by atoms with E-state index in [1.54, 1.807) is 0 Å². The molecule has 4 heteroatoms. The smallest absolute Gasteiger partial charge is 0.0900 e. The van der Waals surface area contributed by atoms with Gasteiger partial charge >= 0.3 is 0 Å². The largest absolute Gasteiger partial charge is 0.305 e. The number of likely N-dealkylation sites (tertiary alicyclic amines) is 1. The molecule has 2 heterocycles. The summed E-state index contributed by atoms with van der Waals surface area (Å²) in [6.45, 7) is 10.1. The highest BCUT2D eigenvalue weighted by Gasteiger charge is 2.39. The molecule has 2 aliphatic rings. The highest BCUT2D eigenvalue weighted by molar-refractivity contribution is 7.11. The second kappa shape index (κ2) is 5.15. The Morgan fingerprint density at radius 1 is 1.37 bits per heavy atom. The number of aromatic nitrogens is 1. The van der Waals surface area contributed by atoms with Gasteiger partial charge in [-0.05, 0) is 47.0 Å². The van der Waals surface area contributed by atoms with Gasteiger partial charge < -0.3 is 5.32 Å². The molecule has 0 radical (unpaired) electrons. The Morgan fingerprint density at radius 2 is 2.11 bits per heavy atom. The minimum atomic E-state index is 0.433. The van der Waals surface area contributed by atoms with Crippen LogP contribution in [0.25, 0.3) is 0 Å². The Kier molecular flexibility index (Phi) is 3.67. The molecule has 1 saturated carbocycles. The molecule has 1 aromatic heterocycles. The van der Waals surface area contributed by atoms with E-state index in [1.807, 2.05) is 11.3 Å². The molecule has 0 amide bonds. The number of aryl methyl sites for hydroxylation is 2. The normalized spacial score (nSPS) is 29.9. The van der Waals surface area contributed by atoms with Gasteiger partial charge in [0.15, 0.2) is 0 Å². The number of hydrogen-bond donors (Lipinski definition) is 1. The van der Waals surface area contributed by atoms with Crippen molar-refractivity contribution in [3.05, 3.63) is 15.6 Å². The first-order chi connectivity index (χ1) is 9.04. The Morgan fingerprint density at radius 3 is 2.68 bits per heavy atom. The first-order valence-corrected chi connectivity index (χ1v) is 8.32. The lowest BCUT2D eigenvalue weighted by Gasteiger charge is -2.21. The predicted octanol–water partition coefficient (Wildman–Crippen LogP) is 3.04. The van der Waals surface area contributed by atoms with E-state index in [-0.39, 0.29) is 0 Å². The van der Waals surface area contributed by atoms with Crippen molar-refractivity contribution in [3.8, 4) is 0 Å². The number of nitrogens with one attached hydrogen (secondary N) is 1. The summed E-state index contributed by atoms with van der Waals surface area (Å²) in [5, 5.41) is 5.00. The number of hydrogen-bond acceptors (Lipinski definition) is 4. The summed E-state index contributed by atoms with van der Waals surface area (Å²) in [6, 6.07) is 2.72. The first-order valence-electron chi connectivity index (χ1n) is 7.50. The van der Waals surface area contributed by atoms with E-state index >= 15 is 0 Å². The quantitative estimate of drug-likeness (QED) is 0.918. The van der Waals surface area contributed by atoms with Gasteiger partial charge in [-0.1, -0.05) is 0 Å². The number of nitrogens with zero attached hydrogens (tertiary/aromatic N) is 2. The van der Waals surface area contributed by atoms with Gasteiger partial charge in [-0.25, -0.2) is 4.98 Å². The van der Waals surface area contributed by atoms with E-state index < -0.39 is 0 Å². The average Bonchev–Trinajstić information content (AvgIpc) is 3.03.